The lowest BCUT2D eigenvalue weighted by Gasteiger charge is -1.91. The number of methoxy groups -OCH3 is 1. The Morgan fingerprint density at radius 2 is 2.23 bits per heavy atom. The Bertz CT molecular complexity index is 420. The molecule has 0 spiro atoms. The maximum atomic E-state index is 12.3. The first-order chi connectivity index (χ1) is 5.95. The van der Waals surface area contributed by atoms with Gasteiger partial charge in [0.15, 0.2) is 4.21 Å². The first kappa shape index (κ1) is 10.1. The molecule has 0 amide bonds. The molecule has 7 heteroatoms. The molecule has 0 unspecified atom stereocenters. The summed E-state index contributed by atoms with van der Waals surface area (Å²) in [6, 6.07) is 0.936. The number of halogens is 1. The average molecular weight is 224 g/mol. The third-order valence-corrected chi connectivity index (χ3v) is 3.44. The smallest absolute Gasteiger partial charge is 0.341 e. The highest BCUT2D eigenvalue weighted by atomic mass is 32.3. The maximum Gasteiger partial charge on any atom is 0.341 e. The number of thiophene rings is 1. The third-order valence-electron chi connectivity index (χ3n) is 1.24. The quantitative estimate of drug-likeness (QED) is 0.559. The first-order valence-electron chi connectivity index (χ1n) is 3.06. The Labute approximate surface area is 78.2 Å². The van der Waals surface area contributed by atoms with Crippen molar-refractivity contribution in [2.75, 3.05) is 7.11 Å². The van der Waals surface area contributed by atoms with Crippen LogP contribution in [0, 0.1) is 0 Å². The van der Waals surface area contributed by atoms with Crippen LogP contribution in [0.1, 0.15) is 10.4 Å². The van der Waals surface area contributed by atoms with Gasteiger partial charge < -0.3 is 4.74 Å². The summed E-state index contributed by atoms with van der Waals surface area (Å²) in [6.07, 6.45) is 0. The largest absolute Gasteiger partial charge is 0.465 e. The predicted octanol–water partition coefficient (Wildman–Crippen LogP) is 1.19. The summed E-state index contributed by atoms with van der Waals surface area (Å²) in [5.74, 6) is -0.689. The molecule has 1 aromatic rings. The minimum atomic E-state index is -4.71. The molecule has 0 bridgehead atoms. The molecular formula is C6H5FO4S2. The molecule has 0 radical (unpaired) electrons. The van der Waals surface area contributed by atoms with E-state index >= 15 is 0 Å². The van der Waals surface area contributed by atoms with Crippen molar-refractivity contribution in [2.24, 2.45) is 0 Å². The molecular weight excluding hydrogens is 219 g/mol. The van der Waals surface area contributed by atoms with Gasteiger partial charge in [-0.15, -0.1) is 11.3 Å². The van der Waals surface area contributed by atoms with Crippen molar-refractivity contribution in [1.82, 2.24) is 0 Å². The lowest BCUT2D eigenvalue weighted by Crippen LogP contribution is -1.98. The molecule has 72 valence electrons. The minimum absolute atomic E-state index is 0.0312. The van der Waals surface area contributed by atoms with Gasteiger partial charge in [-0.05, 0) is 6.07 Å². The topological polar surface area (TPSA) is 60.4 Å². The Kier molecular flexibility index (Phi) is 2.67. The Morgan fingerprint density at radius 1 is 1.62 bits per heavy atom. The molecule has 0 saturated carbocycles. The van der Waals surface area contributed by atoms with E-state index in [0.717, 1.165) is 13.2 Å². The van der Waals surface area contributed by atoms with E-state index in [0.29, 0.717) is 11.3 Å². The highest BCUT2D eigenvalue weighted by Crippen LogP contribution is 2.22. The van der Waals surface area contributed by atoms with Gasteiger partial charge in [0.1, 0.15) is 0 Å². The fraction of sp³-hybridized carbons (Fsp3) is 0.167. The van der Waals surface area contributed by atoms with E-state index in [1.165, 1.54) is 5.38 Å². The lowest BCUT2D eigenvalue weighted by molar-refractivity contribution is 0.0601. The second kappa shape index (κ2) is 3.43. The van der Waals surface area contributed by atoms with Crippen molar-refractivity contribution < 1.29 is 21.8 Å². The predicted molar refractivity (Wildman–Crippen MR) is 44.0 cm³/mol. The van der Waals surface area contributed by atoms with E-state index in [1.807, 2.05) is 0 Å². The van der Waals surface area contributed by atoms with Gasteiger partial charge in [-0.1, -0.05) is 3.89 Å². The molecule has 1 rings (SSSR count). The second-order valence-electron chi connectivity index (χ2n) is 2.08. The van der Waals surface area contributed by atoms with Crippen molar-refractivity contribution in [2.45, 2.75) is 4.21 Å². The standard InChI is InChI=1S/C6H5FO4S2/c1-11-6(8)4-2-5(12-3-4)13(7,9)10/h2-3H,1H3. The monoisotopic (exact) mass is 224 g/mol. The first-order valence-corrected chi connectivity index (χ1v) is 5.33. The fourth-order valence-corrected chi connectivity index (χ4v) is 2.14. The van der Waals surface area contributed by atoms with Crippen molar-refractivity contribution in [3.8, 4) is 0 Å². The molecule has 0 atom stereocenters. The van der Waals surface area contributed by atoms with Crippen LogP contribution in [0.5, 0.6) is 0 Å². The number of carbonyl (C=O) groups is 1. The molecule has 1 aromatic heterocycles. The Balaban J connectivity index is 3.07. The zero-order valence-corrected chi connectivity index (χ0v) is 8.12. The number of carbonyl (C=O) groups excluding carboxylic acids is 1. The van der Waals surface area contributed by atoms with E-state index in [9.17, 15) is 17.1 Å². The van der Waals surface area contributed by atoms with E-state index < -0.39 is 20.4 Å². The summed E-state index contributed by atoms with van der Waals surface area (Å²) in [5, 5.41) is 1.22. The zero-order chi connectivity index (χ0) is 10.1. The molecule has 4 nitrogen and oxygen atoms in total. The van der Waals surface area contributed by atoms with Crippen LogP contribution in [0.2, 0.25) is 0 Å². The highest BCUT2D eigenvalue weighted by molar-refractivity contribution is 7.88. The van der Waals surface area contributed by atoms with Gasteiger partial charge in [0.2, 0.25) is 0 Å². The number of ether oxygens (including phenoxy) is 1. The van der Waals surface area contributed by atoms with Crippen molar-refractivity contribution in [3.05, 3.63) is 17.0 Å². The number of hydrogen-bond donors (Lipinski definition) is 0. The van der Waals surface area contributed by atoms with Crippen molar-refractivity contribution in [3.63, 3.8) is 0 Å². The molecule has 0 aliphatic heterocycles. The molecule has 0 aliphatic carbocycles. The van der Waals surface area contributed by atoms with Crippen molar-refractivity contribution in [1.29, 1.82) is 0 Å². The van der Waals surface area contributed by atoms with E-state index in [4.69, 9.17) is 0 Å². The SMILES string of the molecule is COC(=O)c1csc(S(=O)(=O)F)c1. The van der Waals surface area contributed by atoms with E-state index in [-0.39, 0.29) is 5.56 Å². The Morgan fingerprint density at radius 3 is 2.62 bits per heavy atom. The number of esters is 1. The van der Waals surface area contributed by atoms with E-state index in [1.54, 1.807) is 0 Å². The second-order valence-corrected chi connectivity index (χ2v) is 4.57. The zero-order valence-electron chi connectivity index (χ0n) is 6.48. The molecule has 0 saturated heterocycles. The van der Waals surface area contributed by atoms with Gasteiger partial charge in [-0.25, -0.2) is 4.79 Å². The van der Waals surface area contributed by atoms with Crippen LogP contribution in [0.3, 0.4) is 0 Å². The van der Waals surface area contributed by atoms with Crippen LogP contribution in [0.25, 0.3) is 0 Å². The van der Waals surface area contributed by atoms with Crippen LogP contribution in [-0.2, 0) is 15.0 Å². The van der Waals surface area contributed by atoms with Gasteiger partial charge in [0.25, 0.3) is 0 Å². The molecule has 0 fully saturated rings. The minimum Gasteiger partial charge on any atom is -0.465 e. The lowest BCUT2D eigenvalue weighted by atomic mass is 10.3. The summed E-state index contributed by atoms with van der Waals surface area (Å²) in [5.41, 5.74) is 0.0312. The maximum absolute atomic E-state index is 12.3. The Hall–Kier alpha value is -0.950. The number of hydrogen-bond acceptors (Lipinski definition) is 5. The van der Waals surface area contributed by atoms with Crippen LogP contribution in [0.15, 0.2) is 15.7 Å². The summed E-state index contributed by atoms with van der Waals surface area (Å²) in [4.78, 5) is 10.8. The van der Waals surface area contributed by atoms with Crippen LogP contribution in [-0.4, -0.2) is 21.5 Å². The van der Waals surface area contributed by atoms with Crippen LogP contribution in [0.4, 0.5) is 3.89 Å². The van der Waals surface area contributed by atoms with Crippen LogP contribution >= 0.6 is 11.3 Å². The fourth-order valence-electron chi connectivity index (χ4n) is 0.669. The van der Waals surface area contributed by atoms with Gasteiger partial charge in [-0.2, -0.15) is 8.42 Å². The van der Waals surface area contributed by atoms with Crippen LogP contribution < -0.4 is 0 Å². The van der Waals surface area contributed by atoms with Gasteiger partial charge >= 0.3 is 16.2 Å². The van der Waals surface area contributed by atoms with Gasteiger partial charge in [0.05, 0.1) is 12.7 Å². The molecule has 0 aliphatic rings. The summed E-state index contributed by atoms with van der Waals surface area (Å²) in [7, 11) is -3.56. The molecule has 1 heterocycles. The number of rotatable bonds is 2. The third kappa shape index (κ3) is 2.25. The highest BCUT2D eigenvalue weighted by Gasteiger charge is 2.17. The molecule has 0 aromatic carbocycles. The van der Waals surface area contributed by atoms with E-state index in [2.05, 4.69) is 4.74 Å². The normalized spacial score (nSPS) is 11.2. The molecule has 13 heavy (non-hydrogen) atoms. The summed E-state index contributed by atoms with van der Waals surface area (Å²) < 4.78 is 36.8. The average Bonchev–Trinajstić information content (AvgIpc) is 2.50. The van der Waals surface area contributed by atoms with Gasteiger partial charge in [0, 0.05) is 5.38 Å². The van der Waals surface area contributed by atoms with Gasteiger partial charge in [-0.3, -0.25) is 0 Å². The summed E-state index contributed by atoms with van der Waals surface area (Å²) in [6.45, 7) is 0. The molecule has 0 N–H and O–H groups in total. The summed E-state index contributed by atoms with van der Waals surface area (Å²) >= 11 is 0.636. The van der Waals surface area contributed by atoms with Crippen molar-refractivity contribution >= 4 is 27.5 Å².